The molecule has 1 N–H and O–H groups in total. The molecule has 2 amide bonds. The molecule has 20 heavy (non-hydrogen) atoms. The maximum atomic E-state index is 12.5. The first-order chi connectivity index (χ1) is 9.45. The fourth-order valence-electron chi connectivity index (χ4n) is 2.58. The van der Waals surface area contributed by atoms with Crippen LogP contribution in [0, 0.1) is 0 Å². The Bertz CT molecular complexity index is 489. The number of urea groups is 1. The number of carbonyl (C=O) groups is 2. The standard InChI is InChI=1S/C14H20N2O3S/c1-14(12(17)18)6-3-4-7-16(14)13(19)15(2)9-11-5-8-20-10-11/h5,8,10H,3-4,6-7,9H2,1-2H3,(H,17,18). The van der Waals surface area contributed by atoms with Crippen LogP contribution in [0.3, 0.4) is 0 Å². The lowest BCUT2D eigenvalue weighted by atomic mass is 9.89. The monoisotopic (exact) mass is 296 g/mol. The summed E-state index contributed by atoms with van der Waals surface area (Å²) in [5.74, 6) is -0.922. The van der Waals surface area contributed by atoms with E-state index in [1.54, 1.807) is 30.2 Å². The first-order valence-electron chi connectivity index (χ1n) is 6.72. The van der Waals surface area contributed by atoms with Crippen molar-refractivity contribution in [1.29, 1.82) is 0 Å². The Morgan fingerprint density at radius 1 is 1.50 bits per heavy atom. The summed E-state index contributed by atoms with van der Waals surface area (Å²) in [5, 5.41) is 13.4. The summed E-state index contributed by atoms with van der Waals surface area (Å²) < 4.78 is 0. The van der Waals surface area contributed by atoms with Gasteiger partial charge < -0.3 is 14.9 Å². The van der Waals surface area contributed by atoms with Crippen molar-refractivity contribution in [2.75, 3.05) is 13.6 Å². The van der Waals surface area contributed by atoms with Crippen molar-refractivity contribution in [3.05, 3.63) is 22.4 Å². The van der Waals surface area contributed by atoms with Crippen LogP contribution in [0.5, 0.6) is 0 Å². The largest absolute Gasteiger partial charge is 0.480 e. The molecule has 6 heteroatoms. The van der Waals surface area contributed by atoms with Crippen LogP contribution in [0.4, 0.5) is 4.79 Å². The minimum Gasteiger partial charge on any atom is -0.480 e. The lowest BCUT2D eigenvalue weighted by Crippen LogP contribution is -2.60. The number of hydrogen-bond donors (Lipinski definition) is 1. The normalized spacial score (nSPS) is 22.6. The van der Waals surface area contributed by atoms with E-state index in [9.17, 15) is 14.7 Å². The van der Waals surface area contributed by atoms with Gasteiger partial charge in [-0.15, -0.1) is 0 Å². The van der Waals surface area contributed by atoms with Crippen molar-refractivity contribution in [3.8, 4) is 0 Å². The number of carbonyl (C=O) groups excluding carboxylic acids is 1. The summed E-state index contributed by atoms with van der Waals surface area (Å²) >= 11 is 1.59. The predicted octanol–water partition coefficient (Wildman–Crippen LogP) is 2.63. The van der Waals surface area contributed by atoms with E-state index < -0.39 is 11.5 Å². The Labute approximate surface area is 122 Å². The number of hydrogen-bond acceptors (Lipinski definition) is 3. The summed E-state index contributed by atoms with van der Waals surface area (Å²) in [4.78, 5) is 27.2. The maximum absolute atomic E-state index is 12.5. The van der Waals surface area contributed by atoms with Gasteiger partial charge in [-0.3, -0.25) is 0 Å². The lowest BCUT2D eigenvalue weighted by molar-refractivity contribution is -0.150. The van der Waals surface area contributed by atoms with Gasteiger partial charge in [-0.25, -0.2) is 9.59 Å². The number of amides is 2. The summed E-state index contributed by atoms with van der Waals surface area (Å²) in [6.07, 6.45) is 2.22. The number of likely N-dealkylation sites (tertiary alicyclic amines) is 1. The SMILES string of the molecule is CN(Cc1ccsc1)C(=O)N1CCCCC1(C)C(=O)O. The van der Waals surface area contributed by atoms with Gasteiger partial charge in [0.1, 0.15) is 5.54 Å². The molecule has 0 saturated carbocycles. The van der Waals surface area contributed by atoms with E-state index in [4.69, 9.17) is 0 Å². The predicted molar refractivity (Wildman–Crippen MR) is 77.8 cm³/mol. The lowest BCUT2D eigenvalue weighted by Gasteiger charge is -2.43. The van der Waals surface area contributed by atoms with Gasteiger partial charge in [0, 0.05) is 20.1 Å². The molecular weight excluding hydrogens is 276 g/mol. The van der Waals surface area contributed by atoms with Crippen molar-refractivity contribution >= 4 is 23.3 Å². The van der Waals surface area contributed by atoms with Gasteiger partial charge in [-0.05, 0) is 48.6 Å². The van der Waals surface area contributed by atoms with Gasteiger partial charge >= 0.3 is 12.0 Å². The Morgan fingerprint density at radius 2 is 2.25 bits per heavy atom. The van der Waals surface area contributed by atoms with E-state index >= 15 is 0 Å². The fourth-order valence-corrected chi connectivity index (χ4v) is 3.24. The van der Waals surface area contributed by atoms with Crippen LogP contribution in [0.25, 0.3) is 0 Å². The van der Waals surface area contributed by atoms with E-state index in [1.165, 1.54) is 4.90 Å². The smallest absolute Gasteiger partial charge is 0.329 e. The van der Waals surface area contributed by atoms with Gasteiger partial charge in [0.2, 0.25) is 0 Å². The van der Waals surface area contributed by atoms with Gasteiger partial charge in [0.05, 0.1) is 0 Å². The molecule has 2 heterocycles. The van der Waals surface area contributed by atoms with Crippen LogP contribution < -0.4 is 0 Å². The van der Waals surface area contributed by atoms with E-state index in [1.807, 2.05) is 16.8 Å². The highest BCUT2D eigenvalue weighted by Gasteiger charge is 2.44. The highest BCUT2D eigenvalue weighted by molar-refractivity contribution is 7.07. The average molecular weight is 296 g/mol. The summed E-state index contributed by atoms with van der Waals surface area (Å²) in [6.45, 7) is 2.66. The molecule has 0 radical (unpaired) electrons. The Hall–Kier alpha value is -1.56. The van der Waals surface area contributed by atoms with E-state index in [0.717, 1.165) is 18.4 Å². The quantitative estimate of drug-likeness (QED) is 0.932. The third kappa shape index (κ3) is 2.80. The third-order valence-corrected chi connectivity index (χ3v) is 4.64. The third-order valence-electron chi connectivity index (χ3n) is 3.91. The maximum Gasteiger partial charge on any atom is 0.329 e. The number of piperidine rings is 1. The number of aliphatic carboxylic acids is 1. The topological polar surface area (TPSA) is 60.9 Å². The number of carboxylic acids is 1. The number of carboxylic acid groups (broad SMARTS) is 1. The molecule has 1 atom stereocenters. The molecule has 2 rings (SSSR count). The van der Waals surface area contributed by atoms with Crippen LogP contribution in [0.2, 0.25) is 0 Å². The first-order valence-corrected chi connectivity index (χ1v) is 7.66. The van der Waals surface area contributed by atoms with Gasteiger partial charge in [0.25, 0.3) is 0 Å². The highest BCUT2D eigenvalue weighted by Crippen LogP contribution is 2.29. The van der Waals surface area contributed by atoms with E-state index in [2.05, 4.69) is 0 Å². The van der Waals surface area contributed by atoms with Crippen LogP contribution in [0.1, 0.15) is 31.7 Å². The molecule has 0 bridgehead atoms. The van der Waals surface area contributed by atoms with Gasteiger partial charge in [0.15, 0.2) is 0 Å². The number of nitrogens with zero attached hydrogens (tertiary/aromatic N) is 2. The minimum atomic E-state index is -1.09. The zero-order chi connectivity index (χ0) is 14.8. The van der Waals surface area contributed by atoms with Crippen LogP contribution in [-0.4, -0.2) is 46.0 Å². The zero-order valence-corrected chi connectivity index (χ0v) is 12.7. The fraction of sp³-hybridized carbons (Fsp3) is 0.571. The average Bonchev–Trinajstić information content (AvgIpc) is 2.91. The molecule has 0 aliphatic carbocycles. The number of thiophene rings is 1. The van der Waals surface area contributed by atoms with Gasteiger partial charge in [-0.1, -0.05) is 0 Å². The van der Waals surface area contributed by atoms with Crippen LogP contribution in [0.15, 0.2) is 16.8 Å². The van der Waals surface area contributed by atoms with Gasteiger partial charge in [-0.2, -0.15) is 11.3 Å². The molecular formula is C14H20N2O3S. The van der Waals surface area contributed by atoms with Crippen molar-refractivity contribution in [1.82, 2.24) is 9.80 Å². The Balaban J connectivity index is 2.11. The second kappa shape index (κ2) is 5.83. The minimum absolute atomic E-state index is 0.208. The zero-order valence-electron chi connectivity index (χ0n) is 11.8. The summed E-state index contributed by atoms with van der Waals surface area (Å²) in [5.41, 5.74) is -0.0157. The molecule has 1 aromatic heterocycles. The van der Waals surface area contributed by atoms with Crippen molar-refractivity contribution in [2.45, 2.75) is 38.3 Å². The van der Waals surface area contributed by atoms with Crippen molar-refractivity contribution < 1.29 is 14.7 Å². The summed E-state index contributed by atoms with van der Waals surface area (Å²) in [7, 11) is 1.72. The second-order valence-electron chi connectivity index (χ2n) is 5.46. The first kappa shape index (κ1) is 14.8. The molecule has 110 valence electrons. The molecule has 0 aromatic carbocycles. The van der Waals surface area contributed by atoms with Crippen molar-refractivity contribution in [3.63, 3.8) is 0 Å². The molecule has 1 unspecified atom stereocenters. The molecule has 1 fully saturated rings. The molecule has 1 aromatic rings. The Morgan fingerprint density at radius 3 is 2.85 bits per heavy atom. The summed E-state index contributed by atoms with van der Waals surface area (Å²) in [6, 6.07) is 1.77. The molecule has 5 nitrogen and oxygen atoms in total. The van der Waals surface area contributed by atoms with Crippen LogP contribution in [-0.2, 0) is 11.3 Å². The molecule has 1 aliphatic heterocycles. The number of rotatable bonds is 3. The van der Waals surface area contributed by atoms with E-state index in [0.29, 0.717) is 19.5 Å². The second-order valence-corrected chi connectivity index (χ2v) is 6.24. The Kier molecular flexibility index (Phi) is 4.32. The van der Waals surface area contributed by atoms with Crippen LogP contribution >= 0.6 is 11.3 Å². The molecule has 1 aliphatic rings. The van der Waals surface area contributed by atoms with Crippen molar-refractivity contribution in [2.24, 2.45) is 0 Å². The highest BCUT2D eigenvalue weighted by atomic mass is 32.1. The molecule has 1 saturated heterocycles. The molecule has 0 spiro atoms. The van der Waals surface area contributed by atoms with E-state index in [-0.39, 0.29) is 6.03 Å².